The Morgan fingerprint density at radius 1 is 1.62 bits per heavy atom. The van der Waals surface area contributed by atoms with Crippen LogP contribution in [-0.4, -0.2) is 24.6 Å². The number of thiazole rings is 1. The number of hydrogen-bond donors (Lipinski definition) is 2. The van der Waals surface area contributed by atoms with Gasteiger partial charge in [-0.25, -0.2) is 4.98 Å². The zero-order chi connectivity index (χ0) is 11.4. The van der Waals surface area contributed by atoms with Gasteiger partial charge in [0, 0.05) is 23.9 Å². The second kappa shape index (κ2) is 5.75. The molecule has 0 amide bonds. The fraction of sp³-hybridized carbons (Fsp3) is 0.750. The van der Waals surface area contributed by atoms with Crippen molar-refractivity contribution in [3.8, 4) is 0 Å². The second-order valence-corrected chi connectivity index (χ2v) is 5.47. The highest BCUT2D eigenvalue weighted by molar-refractivity contribution is 7.09. The lowest BCUT2D eigenvalue weighted by atomic mass is 10.0. The summed E-state index contributed by atoms with van der Waals surface area (Å²) < 4.78 is 0. The van der Waals surface area contributed by atoms with Crippen molar-refractivity contribution >= 4 is 11.3 Å². The minimum atomic E-state index is 0.365. The largest absolute Gasteiger partial charge is 0.314 e. The Kier molecular flexibility index (Phi) is 4.32. The highest BCUT2D eigenvalue weighted by Crippen LogP contribution is 2.19. The third kappa shape index (κ3) is 3.03. The molecule has 0 saturated carbocycles. The van der Waals surface area contributed by atoms with Gasteiger partial charge in [-0.1, -0.05) is 6.42 Å². The maximum Gasteiger partial charge on any atom is 0.0944 e. The van der Waals surface area contributed by atoms with Gasteiger partial charge in [-0.3, -0.25) is 0 Å². The first-order chi connectivity index (χ1) is 7.79. The minimum absolute atomic E-state index is 0.365. The third-order valence-corrected chi connectivity index (χ3v) is 4.17. The molecule has 0 aliphatic carbocycles. The van der Waals surface area contributed by atoms with E-state index in [9.17, 15) is 0 Å². The molecule has 1 aromatic rings. The van der Waals surface area contributed by atoms with E-state index >= 15 is 0 Å². The van der Waals surface area contributed by atoms with E-state index < -0.39 is 0 Å². The molecule has 1 aliphatic heterocycles. The van der Waals surface area contributed by atoms with Gasteiger partial charge in [-0.05, 0) is 33.4 Å². The first kappa shape index (κ1) is 12.0. The Balaban J connectivity index is 1.91. The summed E-state index contributed by atoms with van der Waals surface area (Å²) in [6, 6.07) is 1.02. The molecule has 90 valence electrons. The van der Waals surface area contributed by atoms with Gasteiger partial charge < -0.3 is 10.6 Å². The first-order valence-electron chi connectivity index (χ1n) is 6.14. The average molecular weight is 239 g/mol. The fourth-order valence-corrected chi connectivity index (χ4v) is 3.04. The first-order valence-corrected chi connectivity index (χ1v) is 7.02. The molecule has 4 heteroatoms. The Labute approximate surface area is 102 Å². The van der Waals surface area contributed by atoms with Crippen LogP contribution in [0.2, 0.25) is 0 Å². The second-order valence-electron chi connectivity index (χ2n) is 4.53. The normalized spacial score (nSPS) is 23.2. The van der Waals surface area contributed by atoms with Crippen molar-refractivity contribution in [2.75, 3.05) is 13.6 Å². The summed E-state index contributed by atoms with van der Waals surface area (Å²) in [6.45, 7) is 3.33. The molecule has 2 N–H and O–H groups in total. The summed E-state index contributed by atoms with van der Waals surface area (Å²) in [5.74, 6) is 0. The van der Waals surface area contributed by atoms with E-state index in [0.717, 1.165) is 6.42 Å². The molecule has 2 rings (SSSR count). The van der Waals surface area contributed by atoms with E-state index in [1.807, 2.05) is 7.05 Å². The van der Waals surface area contributed by atoms with Crippen LogP contribution in [0.4, 0.5) is 0 Å². The minimum Gasteiger partial charge on any atom is -0.314 e. The molecular weight excluding hydrogens is 218 g/mol. The molecule has 2 atom stereocenters. The standard InChI is InChI=1S/C12H21N3S/c1-9(13-2)11-8-16-12(15-11)7-10-5-3-4-6-14-10/h8-10,13-14H,3-7H2,1-2H3. The SMILES string of the molecule is CNC(C)c1csc(CC2CCCCN2)n1. The summed E-state index contributed by atoms with van der Waals surface area (Å²) in [7, 11) is 1.98. The summed E-state index contributed by atoms with van der Waals surface area (Å²) in [6.07, 6.45) is 5.09. The highest BCUT2D eigenvalue weighted by atomic mass is 32.1. The Morgan fingerprint density at radius 2 is 2.50 bits per heavy atom. The molecule has 0 radical (unpaired) electrons. The van der Waals surface area contributed by atoms with Crippen molar-refractivity contribution < 1.29 is 0 Å². The average Bonchev–Trinajstić information content (AvgIpc) is 2.78. The van der Waals surface area contributed by atoms with Gasteiger partial charge in [0.15, 0.2) is 0 Å². The number of piperidine rings is 1. The predicted molar refractivity (Wildman–Crippen MR) is 68.9 cm³/mol. The van der Waals surface area contributed by atoms with E-state index in [-0.39, 0.29) is 0 Å². The number of nitrogens with zero attached hydrogens (tertiary/aromatic N) is 1. The monoisotopic (exact) mass is 239 g/mol. The van der Waals surface area contributed by atoms with Crippen LogP contribution in [0.25, 0.3) is 0 Å². The predicted octanol–water partition coefficient (Wildman–Crippen LogP) is 2.11. The summed E-state index contributed by atoms with van der Waals surface area (Å²) in [5.41, 5.74) is 1.18. The molecule has 1 saturated heterocycles. The van der Waals surface area contributed by atoms with Crippen molar-refractivity contribution in [2.45, 2.75) is 44.7 Å². The molecule has 1 aliphatic rings. The molecule has 0 bridgehead atoms. The maximum absolute atomic E-state index is 4.69. The lowest BCUT2D eigenvalue weighted by Crippen LogP contribution is -2.35. The molecular formula is C12H21N3S. The van der Waals surface area contributed by atoms with Gasteiger partial charge in [0.1, 0.15) is 0 Å². The van der Waals surface area contributed by atoms with Crippen LogP contribution in [0.3, 0.4) is 0 Å². The van der Waals surface area contributed by atoms with E-state index in [1.54, 1.807) is 11.3 Å². The molecule has 0 aromatic carbocycles. The van der Waals surface area contributed by atoms with Crippen molar-refractivity contribution in [2.24, 2.45) is 0 Å². The number of rotatable bonds is 4. The molecule has 1 fully saturated rings. The van der Waals surface area contributed by atoms with Gasteiger partial charge in [-0.2, -0.15) is 0 Å². The number of aromatic nitrogens is 1. The van der Waals surface area contributed by atoms with Gasteiger partial charge >= 0.3 is 0 Å². The van der Waals surface area contributed by atoms with E-state index in [2.05, 4.69) is 22.9 Å². The third-order valence-electron chi connectivity index (χ3n) is 3.28. The van der Waals surface area contributed by atoms with Crippen LogP contribution in [0.15, 0.2) is 5.38 Å². The maximum atomic E-state index is 4.69. The van der Waals surface area contributed by atoms with Crippen LogP contribution in [0.5, 0.6) is 0 Å². The van der Waals surface area contributed by atoms with E-state index in [1.165, 1.54) is 36.5 Å². The zero-order valence-electron chi connectivity index (χ0n) is 10.1. The quantitative estimate of drug-likeness (QED) is 0.845. The van der Waals surface area contributed by atoms with E-state index in [4.69, 9.17) is 4.98 Å². The molecule has 2 unspecified atom stereocenters. The summed E-state index contributed by atoms with van der Waals surface area (Å²) in [4.78, 5) is 4.69. The number of hydrogen-bond acceptors (Lipinski definition) is 4. The van der Waals surface area contributed by atoms with Gasteiger partial charge in [0.25, 0.3) is 0 Å². The molecule has 1 aromatic heterocycles. The van der Waals surface area contributed by atoms with Crippen LogP contribution >= 0.6 is 11.3 Å². The number of nitrogens with one attached hydrogen (secondary N) is 2. The Morgan fingerprint density at radius 3 is 3.19 bits per heavy atom. The lowest BCUT2D eigenvalue weighted by Gasteiger charge is -2.22. The van der Waals surface area contributed by atoms with Gasteiger partial charge in [-0.15, -0.1) is 11.3 Å². The van der Waals surface area contributed by atoms with Gasteiger partial charge in [0.2, 0.25) is 0 Å². The Hall–Kier alpha value is -0.450. The van der Waals surface area contributed by atoms with Crippen molar-refractivity contribution in [1.82, 2.24) is 15.6 Å². The molecule has 0 spiro atoms. The van der Waals surface area contributed by atoms with Crippen LogP contribution in [0.1, 0.15) is 42.9 Å². The van der Waals surface area contributed by atoms with Crippen molar-refractivity contribution in [3.63, 3.8) is 0 Å². The molecule has 2 heterocycles. The summed E-state index contributed by atoms with van der Waals surface area (Å²) >= 11 is 1.80. The molecule has 16 heavy (non-hydrogen) atoms. The topological polar surface area (TPSA) is 37.0 Å². The Bertz CT molecular complexity index is 318. The molecule has 3 nitrogen and oxygen atoms in total. The zero-order valence-corrected chi connectivity index (χ0v) is 10.9. The van der Waals surface area contributed by atoms with Crippen LogP contribution < -0.4 is 10.6 Å². The van der Waals surface area contributed by atoms with Crippen LogP contribution in [0, 0.1) is 0 Å². The van der Waals surface area contributed by atoms with Crippen molar-refractivity contribution in [3.05, 3.63) is 16.1 Å². The van der Waals surface area contributed by atoms with E-state index in [0.29, 0.717) is 12.1 Å². The summed E-state index contributed by atoms with van der Waals surface area (Å²) in [5, 5.41) is 10.3. The highest BCUT2D eigenvalue weighted by Gasteiger charge is 2.15. The van der Waals surface area contributed by atoms with Crippen LogP contribution in [-0.2, 0) is 6.42 Å². The van der Waals surface area contributed by atoms with Gasteiger partial charge in [0.05, 0.1) is 10.7 Å². The van der Waals surface area contributed by atoms with Crippen molar-refractivity contribution in [1.29, 1.82) is 0 Å². The lowest BCUT2D eigenvalue weighted by molar-refractivity contribution is 0.398. The smallest absolute Gasteiger partial charge is 0.0944 e. The fourth-order valence-electron chi connectivity index (χ4n) is 2.07.